The van der Waals surface area contributed by atoms with Crippen LogP contribution in [0.1, 0.15) is 61.5 Å². The van der Waals surface area contributed by atoms with E-state index >= 15 is 0 Å². The molecule has 280 valence electrons. The number of carbonyl (C=O) groups is 2. The molecule has 2 amide bonds. The molecule has 0 radical (unpaired) electrons. The highest BCUT2D eigenvalue weighted by atomic mass is 16.5. The summed E-state index contributed by atoms with van der Waals surface area (Å²) in [4.78, 5) is 34.2. The number of nitrogens with one attached hydrogen (secondary N) is 2. The van der Waals surface area contributed by atoms with Crippen molar-refractivity contribution < 1.29 is 14.3 Å². The lowest BCUT2D eigenvalue weighted by Gasteiger charge is -2.62. The molecule has 0 unspecified atom stereocenters. The summed E-state index contributed by atoms with van der Waals surface area (Å²) in [5.41, 5.74) is 12.4. The van der Waals surface area contributed by atoms with Crippen LogP contribution in [0.5, 0.6) is 5.75 Å². The highest BCUT2D eigenvalue weighted by Crippen LogP contribution is 2.61. The number of carbonyl (C=O) groups excluding carboxylic acids is 2. The van der Waals surface area contributed by atoms with Crippen LogP contribution in [-0.4, -0.2) is 94.2 Å². The number of hydrogen-bond donors (Lipinski definition) is 3. The van der Waals surface area contributed by atoms with E-state index in [1.165, 1.54) is 12.0 Å². The molecular weight excluding hydrogens is 649 g/mol. The normalized spacial score (nSPS) is 25.7. The Morgan fingerprint density at radius 2 is 1.75 bits per heavy atom. The van der Waals surface area contributed by atoms with E-state index in [9.17, 15) is 9.59 Å². The molecule has 9 heteroatoms. The maximum absolute atomic E-state index is 13.9. The summed E-state index contributed by atoms with van der Waals surface area (Å²) in [6.45, 7) is 8.99. The number of amides is 2. The standard InChI is InChI=1S/C43H60N6O3/c1-27-37-21-32(43(37,2)3)22-38(27)46-42(51)39-23-33(44)25-49(39)24-29-15-12-16-36(40(29)52-8)30-18-31(20-35(19-30)48(6)7)41(50)45-34(26-47(4)5)17-28-13-10-9-11-14-28/h9-16,18-20,27,32-34,37-39H,17,21-26,44H2,1-8H3,(H,45,50)(H,46,51)/t27-,32-,33+,34-,37+,38-,39-/m0/s1. The molecule has 3 saturated carbocycles. The summed E-state index contributed by atoms with van der Waals surface area (Å²) in [6, 6.07) is 22.2. The summed E-state index contributed by atoms with van der Waals surface area (Å²) in [6.07, 6.45) is 3.71. The van der Waals surface area contributed by atoms with Crippen LogP contribution in [0.15, 0.2) is 66.7 Å². The van der Waals surface area contributed by atoms with E-state index in [-0.39, 0.29) is 36.0 Å². The van der Waals surface area contributed by atoms with Gasteiger partial charge in [-0.25, -0.2) is 0 Å². The number of para-hydroxylation sites is 1. The van der Waals surface area contributed by atoms with Gasteiger partial charge in [0.05, 0.1) is 13.2 Å². The maximum Gasteiger partial charge on any atom is 0.251 e. The molecule has 0 aromatic heterocycles. The summed E-state index contributed by atoms with van der Waals surface area (Å²) < 4.78 is 6.13. The summed E-state index contributed by atoms with van der Waals surface area (Å²) in [5, 5.41) is 6.79. The highest BCUT2D eigenvalue weighted by Gasteiger charge is 2.56. The average Bonchev–Trinajstić information content (AvgIpc) is 3.48. The van der Waals surface area contributed by atoms with Gasteiger partial charge in [-0.1, -0.05) is 69.3 Å². The first-order valence-corrected chi connectivity index (χ1v) is 19.0. The van der Waals surface area contributed by atoms with Gasteiger partial charge in [-0.15, -0.1) is 0 Å². The van der Waals surface area contributed by atoms with Crippen molar-refractivity contribution in [1.82, 2.24) is 20.4 Å². The molecule has 4 aliphatic rings. The van der Waals surface area contributed by atoms with Gasteiger partial charge >= 0.3 is 0 Å². The first kappa shape index (κ1) is 37.8. The SMILES string of the molecule is COc1c(CN2C[C@H](N)C[C@H]2C(=O)N[C@H]2C[C@@H]3C[C@H]([C@@H]2C)C3(C)C)cccc1-c1cc(C(=O)N[C@@H](Cc2ccccc2)CN(C)C)cc(N(C)C)c1. The second-order valence-corrected chi connectivity index (χ2v) is 16.8. The van der Waals surface area contributed by atoms with Crippen molar-refractivity contribution >= 4 is 17.5 Å². The first-order chi connectivity index (χ1) is 24.7. The van der Waals surface area contributed by atoms with Crippen molar-refractivity contribution in [3.8, 4) is 16.9 Å². The number of hydrogen-bond acceptors (Lipinski definition) is 7. The molecule has 3 aromatic rings. The Morgan fingerprint density at radius 1 is 1.00 bits per heavy atom. The molecule has 0 spiro atoms. The minimum Gasteiger partial charge on any atom is -0.496 e. The number of likely N-dealkylation sites (tertiary alicyclic amines) is 1. The minimum absolute atomic E-state index is 0.0648. The molecule has 4 N–H and O–H groups in total. The fourth-order valence-electron chi connectivity index (χ4n) is 9.33. The Balaban J connectivity index is 1.23. The summed E-state index contributed by atoms with van der Waals surface area (Å²) in [7, 11) is 9.71. The Kier molecular flexibility index (Phi) is 11.3. The van der Waals surface area contributed by atoms with Gasteiger partial charge in [0.15, 0.2) is 0 Å². The van der Waals surface area contributed by atoms with E-state index in [1.54, 1.807) is 7.11 Å². The molecule has 9 nitrogen and oxygen atoms in total. The predicted molar refractivity (Wildman–Crippen MR) is 211 cm³/mol. The quantitative estimate of drug-likeness (QED) is 0.218. The summed E-state index contributed by atoms with van der Waals surface area (Å²) in [5.74, 6) is 2.53. The number of rotatable bonds is 13. The third-order valence-corrected chi connectivity index (χ3v) is 12.3. The first-order valence-electron chi connectivity index (χ1n) is 19.0. The fraction of sp³-hybridized carbons (Fsp3) is 0.535. The summed E-state index contributed by atoms with van der Waals surface area (Å²) >= 11 is 0. The average molecular weight is 709 g/mol. The van der Waals surface area contributed by atoms with E-state index < -0.39 is 0 Å². The smallest absolute Gasteiger partial charge is 0.251 e. The molecule has 3 aromatic carbocycles. The molecule has 7 atom stereocenters. The molecule has 2 bridgehead atoms. The molecule has 4 fully saturated rings. The molecule has 1 aliphatic heterocycles. The van der Waals surface area contributed by atoms with Crippen LogP contribution in [0.3, 0.4) is 0 Å². The number of fused-ring (bicyclic) bond motifs is 2. The fourth-order valence-corrected chi connectivity index (χ4v) is 9.33. The topological polar surface area (TPSA) is 103 Å². The monoisotopic (exact) mass is 708 g/mol. The lowest BCUT2D eigenvalue weighted by molar-refractivity contribution is -0.137. The lowest BCUT2D eigenvalue weighted by atomic mass is 9.45. The van der Waals surface area contributed by atoms with E-state index in [1.807, 2.05) is 75.6 Å². The highest BCUT2D eigenvalue weighted by molar-refractivity contribution is 5.97. The van der Waals surface area contributed by atoms with Crippen molar-refractivity contribution in [3.63, 3.8) is 0 Å². The van der Waals surface area contributed by atoms with E-state index in [0.717, 1.165) is 47.5 Å². The molecule has 3 aliphatic carbocycles. The van der Waals surface area contributed by atoms with Crippen molar-refractivity contribution in [2.75, 3.05) is 53.3 Å². The second-order valence-electron chi connectivity index (χ2n) is 16.8. The largest absolute Gasteiger partial charge is 0.496 e. The number of nitrogens with zero attached hydrogens (tertiary/aromatic N) is 3. The molecule has 7 rings (SSSR count). The third-order valence-electron chi connectivity index (χ3n) is 12.3. The van der Waals surface area contributed by atoms with Crippen LogP contribution in [0, 0.1) is 23.2 Å². The minimum atomic E-state index is -0.291. The number of methoxy groups -OCH3 is 1. The van der Waals surface area contributed by atoms with Gasteiger partial charge in [0.2, 0.25) is 5.91 Å². The van der Waals surface area contributed by atoms with Crippen LogP contribution in [0.4, 0.5) is 5.69 Å². The van der Waals surface area contributed by atoms with Gasteiger partial charge in [0.25, 0.3) is 5.91 Å². The lowest BCUT2D eigenvalue weighted by Crippen LogP contribution is -2.61. The second kappa shape index (κ2) is 15.6. The Morgan fingerprint density at radius 3 is 2.40 bits per heavy atom. The van der Waals surface area contributed by atoms with Gasteiger partial charge in [-0.3, -0.25) is 14.5 Å². The number of nitrogens with two attached hydrogens (primary N) is 1. The zero-order chi connectivity index (χ0) is 37.3. The predicted octanol–water partition coefficient (Wildman–Crippen LogP) is 5.42. The Bertz CT molecular complexity index is 1720. The van der Waals surface area contributed by atoms with Crippen LogP contribution < -0.4 is 26.0 Å². The van der Waals surface area contributed by atoms with Crippen LogP contribution in [0.2, 0.25) is 0 Å². The van der Waals surface area contributed by atoms with E-state index in [4.69, 9.17) is 10.5 Å². The van der Waals surface area contributed by atoms with E-state index in [0.29, 0.717) is 48.2 Å². The molecular formula is C43H60N6O3. The Hall–Kier alpha value is -3.92. The van der Waals surface area contributed by atoms with Crippen molar-refractivity contribution in [2.24, 2.45) is 28.9 Å². The molecule has 1 heterocycles. The molecule has 1 saturated heterocycles. The van der Waals surface area contributed by atoms with Crippen molar-refractivity contribution in [1.29, 1.82) is 0 Å². The number of ether oxygens (including phenoxy) is 1. The number of likely N-dealkylation sites (N-methyl/N-ethyl adjacent to an activating group) is 1. The third kappa shape index (κ3) is 8.02. The van der Waals surface area contributed by atoms with Crippen molar-refractivity contribution in [2.45, 2.75) is 77.2 Å². The van der Waals surface area contributed by atoms with Gasteiger partial charge in [-0.05, 0) is 92.3 Å². The van der Waals surface area contributed by atoms with Gasteiger partial charge < -0.3 is 30.9 Å². The van der Waals surface area contributed by atoms with Gasteiger partial charge in [0.1, 0.15) is 5.75 Å². The Labute approximate surface area is 311 Å². The van der Waals surface area contributed by atoms with Crippen molar-refractivity contribution in [3.05, 3.63) is 83.4 Å². The number of benzene rings is 3. The van der Waals surface area contributed by atoms with E-state index in [2.05, 4.69) is 65.5 Å². The van der Waals surface area contributed by atoms with Gasteiger partial charge in [0, 0.05) is 74.2 Å². The number of anilines is 1. The maximum atomic E-state index is 13.9. The zero-order valence-electron chi connectivity index (χ0n) is 32.5. The van der Waals surface area contributed by atoms with Crippen LogP contribution in [-0.2, 0) is 17.8 Å². The van der Waals surface area contributed by atoms with Crippen LogP contribution in [0.25, 0.3) is 11.1 Å². The van der Waals surface area contributed by atoms with Gasteiger partial charge in [-0.2, -0.15) is 0 Å². The zero-order valence-corrected chi connectivity index (χ0v) is 32.5. The molecule has 52 heavy (non-hydrogen) atoms. The van der Waals surface area contributed by atoms with Crippen LogP contribution >= 0.6 is 0 Å².